The van der Waals surface area contributed by atoms with E-state index in [-0.39, 0.29) is 18.3 Å². The van der Waals surface area contributed by atoms with Crippen LogP contribution in [0.3, 0.4) is 0 Å². The first-order valence-corrected chi connectivity index (χ1v) is 7.91. The number of nitrogens with zero attached hydrogens (tertiary/aromatic N) is 2. The van der Waals surface area contributed by atoms with Gasteiger partial charge in [0.2, 0.25) is 0 Å². The fourth-order valence-electron chi connectivity index (χ4n) is 3.67. The van der Waals surface area contributed by atoms with Crippen molar-refractivity contribution in [2.45, 2.75) is 25.8 Å². The molecule has 0 aliphatic carbocycles. The topological polar surface area (TPSA) is 51.4 Å². The molecule has 2 aliphatic heterocycles. The van der Waals surface area contributed by atoms with Crippen LogP contribution in [0.1, 0.15) is 35.4 Å². The molecule has 5 nitrogen and oxygen atoms in total. The third kappa shape index (κ3) is 3.65. The SMILES string of the molecule is CN(C)C(=O)c1ccc(CN2CCC3(CCNCC3)C2)[nH]1.Cl. The molecule has 6 heteroatoms. The number of amides is 1. The van der Waals surface area contributed by atoms with E-state index < -0.39 is 0 Å². The lowest BCUT2D eigenvalue weighted by Gasteiger charge is -2.33. The number of carbonyl (C=O) groups excluding carboxylic acids is 1. The average Bonchev–Trinajstić information content (AvgIpc) is 3.07. The highest BCUT2D eigenvalue weighted by Gasteiger charge is 2.38. The minimum atomic E-state index is 0. The number of hydrogen-bond donors (Lipinski definition) is 2. The van der Waals surface area contributed by atoms with Gasteiger partial charge in [0, 0.05) is 32.9 Å². The van der Waals surface area contributed by atoms with E-state index in [1.165, 1.54) is 32.4 Å². The number of aromatic nitrogens is 1. The Morgan fingerprint density at radius 1 is 1.27 bits per heavy atom. The fourth-order valence-corrected chi connectivity index (χ4v) is 3.67. The molecule has 1 amide bonds. The third-order valence-corrected chi connectivity index (χ3v) is 4.96. The van der Waals surface area contributed by atoms with Crippen LogP contribution in [0.2, 0.25) is 0 Å². The summed E-state index contributed by atoms with van der Waals surface area (Å²) in [6, 6.07) is 3.94. The molecular weight excluding hydrogens is 300 g/mol. The Kier molecular flexibility index (Phi) is 5.53. The number of rotatable bonds is 3. The van der Waals surface area contributed by atoms with Crippen LogP contribution in [0.5, 0.6) is 0 Å². The number of hydrogen-bond acceptors (Lipinski definition) is 3. The molecule has 2 N–H and O–H groups in total. The first-order chi connectivity index (χ1) is 10.1. The first-order valence-electron chi connectivity index (χ1n) is 7.91. The van der Waals surface area contributed by atoms with Crippen LogP contribution in [0, 0.1) is 5.41 Å². The second-order valence-electron chi connectivity index (χ2n) is 6.81. The van der Waals surface area contributed by atoms with Gasteiger partial charge in [0.05, 0.1) is 0 Å². The summed E-state index contributed by atoms with van der Waals surface area (Å²) in [7, 11) is 3.56. The van der Waals surface area contributed by atoms with Gasteiger partial charge < -0.3 is 15.2 Å². The Labute approximate surface area is 138 Å². The van der Waals surface area contributed by atoms with Gasteiger partial charge >= 0.3 is 0 Å². The van der Waals surface area contributed by atoms with E-state index in [9.17, 15) is 4.79 Å². The zero-order valence-corrected chi connectivity index (χ0v) is 14.3. The second-order valence-corrected chi connectivity index (χ2v) is 6.81. The van der Waals surface area contributed by atoms with Crippen molar-refractivity contribution in [1.82, 2.24) is 20.1 Å². The fraction of sp³-hybridized carbons (Fsp3) is 0.688. The van der Waals surface area contributed by atoms with E-state index in [0.717, 1.165) is 25.3 Å². The van der Waals surface area contributed by atoms with Crippen LogP contribution >= 0.6 is 12.4 Å². The maximum absolute atomic E-state index is 11.9. The van der Waals surface area contributed by atoms with Crippen molar-refractivity contribution in [2.24, 2.45) is 5.41 Å². The van der Waals surface area contributed by atoms with E-state index in [0.29, 0.717) is 11.1 Å². The summed E-state index contributed by atoms with van der Waals surface area (Å²) in [5.74, 6) is 0.0393. The zero-order chi connectivity index (χ0) is 14.9. The Bertz CT molecular complexity index is 508. The van der Waals surface area contributed by atoms with Gasteiger partial charge in [-0.15, -0.1) is 12.4 Å². The van der Waals surface area contributed by atoms with Crippen molar-refractivity contribution in [3.8, 4) is 0 Å². The van der Waals surface area contributed by atoms with Gasteiger partial charge in [-0.3, -0.25) is 9.69 Å². The molecule has 0 saturated carbocycles. The van der Waals surface area contributed by atoms with Crippen LogP contribution in [0.25, 0.3) is 0 Å². The van der Waals surface area contributed by atoms with Gasteiger partial charge in [-0.25, -0.2) is 0 Å². The van der Waals surface area contributed by atoms with Gasteiger partial charge in [-0.2, -0.15) is 0 Å². The molecule has 0 bridgehead atoms. The average molecular weight is 327 g/mol. The highest BCUT2D eigenvalue weighted by molar-refractivity contribution is 5.92. The van der Waals surface area contributed by atoms with Crippen molar-refractivity contribution in [1.29, 1.82) is 0 Å². The Morgan fingerprint density at radius 3 is 2.68 bits per heavy atom. The third-order valence-electron chi connectivity index (χ3n) is 4.96. The summed E-state index contributed by atoms with van der Waals surface area (Å²) < 4.78 is 0. The van der Waals surface area contributed by atoms with Gasteiger partial charge in [-0.05, 0) is 56.4 Å². The summed E-state index contributed by atoms with van der Waals surface area (Å²) >= 11 is 0. The lowest BCUT2D eigenvalue weighted by atomic mass is 9.78. The predicted octanol–water partition coefficient (Wildman–Crippen LogP) is 1.71. The molecule has 0 radical (unpaired) electrons. The van der Waals surface area contributed by atoms with Crippen LogP contribution in [0.4, 0.5) is 0 Å². The molecule has 0 aromatic carbocycles. The standard InChI is InChI=1S/C16H26N4O.ClH/c1-19(2)15(21)14-4-3-13(18-14)11-20-10-7-16(12-20)5-8-17-9-6-16;/h3-4,17-18H,5-12H2,1-2H3;1H. The molecule has 2 fully saturated rings. The second kappa shape index (κ2) is 7.02. The number of piperidine rings is 1. The minimum absolute atomic E-state index is 0. The molecule has 124 valence electrons. The van der Waals surface area contributed by atoms with Crippen molar-refractivity contribution < 1.29 is 4.79 Å². The molecule has 1 aromatic rings. The smallest absolute Gasteiger partial charge is 0.269 e. The van der Waals surface area contributed by atoms with E-state index in [1.807, 2.05) is 12.1 Å². The molecule has 3 rings (SSSR count). The van der Waals surface area contributed by atoms with E-state index >= 15 is 0 Å². The van der Waals surface area contributed by atoms with Gasteiger partial charge in [0.1, 0.15) is 5.69 Å². The number of carbonyl (C=O) groups is 1. The van der Waals surface area contributed by atoms with E-state index in [2.05, 4.69) is 15.2 Å². The zero-order valence-electron chi connectivity index (χ0n) is 13.5. The van der Waals surface area contributed by atoms with Crippen molar-refractivity contribution in [3.05, 3.63) is 23.5 Å². The van der Waals surface area contributed by atoms with Gasteiger partial charge in [0.25, 0.3) is 5.91 Å². The summed E-state index contributed by atoms with van der Waals surface area (Å²) in [5, 5.41) is 3.46. The van der Waals surface area contributed by atoms with E-state index in [4.69, 9.17) is 0 Å². The monoisotopic (exact) mass is 326 g/mol. The van der Waals surface area contributed by atoms with Gasteiger partial charge in [0.15, 0.2) is 0 Å². The van der Waals surface area contributed by atoms with Crippen LogP contribution < -0.4 is 5.32 Å². The molecule has 3 heterocycles. The molecule has 0 unspecified atom stereocenters. The summed E-state index contributed by atoms with van der Waals surface area (Å²) in [6.07, 6.45) is 3.93. The Balaban J connectivity index is 0.00000176. The van der Waals surface area contributed by atoms with Crippen molar-refractivity contribution >= 4 is 18.3 Å². The van der Waals surface area contributed by atoms with Crippen molar-refractivity contribution in [3.63, 3.8) is 0 Å². The lowest BCUT2D eigenvalue weighted by Crippen LogP contribution is -2.38. The van der Waals surface area contributed by atoms with Crippen molar-refractivity contribution in [2.75, 3.05) is 40.3 Å². The highest BCUT2D eigenvalue weighted by atomic mass is 35.5. The number of nitrogens with one attached hydrogen (secondary N) is 2. The quantitative estimate of drug-likeness (QED) is 0.889. The highest BCUT2D eigenvalue weighted by Crippen LogP contribution is 2.38. The molecule has 0 atom stereocenters. The molecule has 2 aliphatic rings. The largest absolute Gasteiger partial charge is 0.353 e. The minimum Gasteiger partial charge on any atom is -0.353 e. The van der Waals surface area contributed by atoms with Gasteiger partial charge in [-0.1, -0.05) is 0 Å². The number of halogens is 1. The summed E-state index contributed by atoms with van der Waals surface area (Å²) in [5.41, 5.74) is 2.37. The normalized spacial score (nSPS) is 20.8. The summed E-state index contributed by atoms with van der Waals surface area (Å²) in [4.78, 5) is 19.3. The number of likely N-dealkylation sites (tertiary alicyclic amines) is 1. The first kappa shape index (κ1) is 17.3. The Hall–Kier alpha value is -1.04. The predicted molar refractivity (Wildman–Crippen MR) is 90.5 cm³/mol. The lowest BCUT2D eigenvalue weighted by molar-refractivity contribution is 0.0822. The maximum Gasteiger partial charge on any atom is 0.269 e. The summed E-state index contributed by atoms with van der Waals surface area (Å²) in [6.45, 7) is 5.63. The number of H-pyrrole nitrogens is 1. The van der Waals surface area contributed by atoms with Crippen LogP contribution in [-0.4, -0.2) is 61.0 Å². The molecule has 2 saturated heterocycles. The molecular formula is C16H27ClN4O. The van der Waals surface area contributed by atoms with E-state index in [1.54, 1.807) is 19.0 Å². The number of aromatic amines is 1. The van der Waals surface area contributed by atoms with Crippen LogP contribution in [-0.2, 0) is 6.54 Å². The van der Waals surface area contributed by atoms with Crippen LogP contribution in [0.15, 0.2) is 12.1 Å². The Morgan fingerprint density at radius 2 is 2.00 bits per heavy atom. The molecule has 1 aromatic heterocycles. The maximum atomic E-state index is 11.9. The molecule has 22 heavy (non-hydrogen) atoms. The molecule has 1 spiro atoms.